The molecule has 0 amide bonds. The molecule has 4 nitrogen and oxygen atoms in total. The molecule has 1 fully saturated rings. The van der Waals surface area contributed by atoms with Crippen LogP contribution in [0.15, 0.2) is 0 Å². The Balaban J connectivity index is 2.28. The van der Waals surface area contributed by atoms with Crippen LogP contribution in [0.3, 0.4) is 0 Å². The van der Waals surface area contributed by atoms with Crippen molar-refractivity contribution >= 4 is 11.6 Å². The third-order valence-corrected chi connectivity index (χ3v) is 4.01. The van der Waals surface area contributed by atoms with Crippen LogP contribution in [0, 0.1) is 12.3 Å². The molecule has 1 aliphatic rings. The minimum absolute atomic E-state index is 0.136. The predicted octanol–water partition coefficient (Wildman–Crippen LogP) is 1.81. The van der Waals surface area contributed by atoms with Crippen molar-refractivity contribution < 1.29 is 9.84 Å². The van der Waals surface area contributed by atoms with Crippen molar-refractivity contribution in [1.82, 2.24) is 9.78 Å². The molecule has 0 aromatic carbocycles. The Kier molecular flexibility index (Phi) is 3.76. The molecule has 1 atom stereocenters. The Morgan fingerprint density at radius 2 is 2.35 bits per heavy atom. The average molecular weight is 259 g/mol. The number of halogens is 1. The molecule has 0 radical (unpaired) electrons. The molecule has 1 saturated heterocycles. The molecule has 5 heteroatoms. The number of hydrogen-bond acceptors (Lipinski definition) is 3. The Hall–Kier alpha value is -0.580. The van der Waals surface area contributed by atoms with Crippen LogP contribution >= 0.6 is 11.6 Å². The van der Waals surface area contributed by atoms with Crippen molar-refractivity contribution in [3.05, 3.63) is 16.4 Å². The fraction of sp³-hybridized carbons (Fsp3) is 0.750. The van der Waals surface area contributed by atoms with E-state index in [0.29, 0.717) is 6.61 Å². The quantitative estimate of drug-likeness (QED) is 0.896. The second-order valence-corrected chi connectivity index (χ2v) is 5.18. The van der Waals surface area contributed by atoms with Crippen LogP contribution in [0.2, 0.25) is 5.02 Å². The highest BCUT2D eigenvalue weighted by molar-refractivity contribution is 6.31. The summed E-state index contributed by atoms with van der Waals surface area (Å²) in [6.45, 7) is 6.21. The second kappa shape index (κ2) is 4.96. The predicted molar refractivity (Wildman–Crippen MR) is 66.3 cm³/mol. The molecule has 0 spiro atoms. The van der Waals surface area contributed by atoms with E-state index < -0.39 is 0 Å². The van der Waals surface area contributed by atoms with Gasteiger partial charge in [0.25, 0.3) is 0 Å². The topological polar surface area (TPSA) is 47.3 Å². The zero-order valence-corrected chi connectivity index (χ0v) is 11.1. The first kappa shape index (κ1) is 12.9. The van der Waals surface area contributed by atoms with E-state index in [9.17, 15) is 5.11 Å². The van der Waals surface area contributed by atoms with Crippen LogP contribution in [-0.4, -0.2) is 34.7 Å². The molecule has 0 aliphatic carbocycles. The smallest absolute Gasteiger partial charge is 0.0847 e. The average Bonchev–Trinajstić information content (AvgIpc) is 2.90. The lowest BCUT2D eigenvalue weighted by molar-refractivity contribution is 0.0919. The highest BCUT2D eigenvalue weighted by atomic mass is 35.5. The number of aryl methyl sites for hydroxylation is 2. The molecule has 0 saturated carbocycles. The molecule has 1 aliphatic heterocycles. The van der Waals surface area contributed by atoms with Gasteiger partial charge >= 0.3 is 0 Å². The summed E-state index contributed by atoms with van der Waals surface area (Å²) in [6.07, 6.45) is 1.62. The van der Waals surface area contributed by atoms with Gasteiger partial charge in [-0.05, 0) is 20.3 Å². The van der Waals surface area contributed by atoms with Crippen LogP contribution < -0.4 is 0 Å². The van der Waals surface area contributed by atoms with Crippen LogP contribution in [0.25, 0.3) is 0 Å². The molecule has 0 bridgehead atoms. The normalized spacial score (nSPS) is 24.5. The minimum Gasteiger partial charge on any atom is -0.396 e. The Morgan fingerprint density at radius 1 is 1.59 bits per heavy atom. The largest absolute Gasteiger partial charge is 0.396 e. The van der Waals surface area contributed by atoms with Gasteiger partial charge in [-0.3, -0.25) is 4.68 Å². The fourth-order valence-electron chi connectivity index (χ4n) is 2.36. The summed E-state index contributed by atoms with van der Waals surface area (Å²) >= 11 is 6.28. The van der Waals surface area contributed by atoms with E-state index in [1.54, 1.807) is 0 Å². The summed E-state index contributed by atoms with van der Waals surface area (Å²) in [7, 11) is 0. The number of rotatable bonds is 4. The molecule has 1 aromatic rings. The maximum absolute atomic E-state index is 9.59. The standard InChI is InChI=1S/C12H19ClN2O2/c1-3-15-10(11(13)9(2)14-15)6-12(7-16)4-5-17-8-12/h16H,3-8H2,1-2H3. The molecule has 1 N–H and O–H groups in total. The third kappa shape index (κ3) is 2.34. The van der Waals surface area contributed by atoms with Gasteiger partial charge in [0.15, 0.2) is 0 Å². The summed E-state index contributed by atoms with van der Waals surface area (Å²) in [6, 6.07) is 0. The van der Waals surface area contributed by atoms with Gasteiger partial charge in [0.05, 0.1) is 29.6 Å². The zero-order valence-electron chi connectivity index (χ0n) is 10.4. The van der Waals surface area contributed by atoms with Crippen molar-refractivity contribution in [3.8, 4) is 0 Å². The summed E-state index contributed by atoms with van der Waals surface area (Å²) in [5.74, 6) is 0. The maximum Gasteiger partial charge on any atom is 0.0847 e. The number of hydrogen-bond donors (Lipinski definition) is 1. The van der Waals surface area contributed by atoms with Gasteiger partial charge in [-0.25, -0.2) is 0 Å². The molecule has 17 heavy (non-hydrogen) atoms. The molecular formula is C12H19ClN2O2. The van der Waals surface area contributed by atoms with Gasteiger partial charge in [0.2, 0.25) is 0 Å². The van der Waals surface area contributed by atoms with E-state index in [0.717, 1.165) is 42.4 Å². The molecule has 1 aromatic heterocycles. The number of aromatic nitrogens is 2. The van der Waals surface area contributed by atoms with Gasteiger partial charge in [0, 0.05) is 25.0 Å². The van der Waals surface area contributed by atoms with E-state index in [-0.39, 0.29) is 12.0 Å². The van der Waals surface area contributed by atoms with Crippen molar-refractivity contribution in [1.29, 1.82) is 0 Å². The molecule has 96 valence electrons. The molecular weight excluding hydrogens is 240 g/mol. The van der Waals surface area contributed by atoms with E-state index in [4.69, 9.17) is 16.3 Å². The first-order chi connectivity index (χ1) is 8.12. The van der Waals surface area contributed by atoms with E-state index in [2.05, 4.69) is 5.10 Å². The highest BCUT2D eigenvalue weighted by Gasteiger charge is 2.36. The Bertz CT molecular complexity index is 397. The molecule has 2 rings (SSSR count). The van der Waals surface area contributed by atoms with Gasteiger partial charge in [-0.2, -0.15) is 5.10 Å². The molecule has 1 unspecified atom stereocenters. The van der Waals surface area contributed by atoms with Gasteiger partial charge in [-0.1, -0.05) is 11.6 Å². The highest BCUT2D eigenvalue weighted by Crippen LogP contribution is 2.35. The van der Waals surface area contributed by atoms with Crippen molar-refractivity contribution in [2.24, 2.45) is 5.41 Å². The van der Waals surface area contributed by atoms with Crippen molar-refractivity contribution in [2.75, 3.05) is 19.8 Å². The Morgan fingerprint density at radius 3 is 2.88 bits per heavy atom. The lowest BCUT2D eigenvalue weighted by Gasteiger charge is -2.24. The Labute approximate surface area is 107 Å². The SMILES string of the molecule is CCn1nc(C)c(Cl)c1CC1(CO)CCOC1. The van der Waals surface area contributed by atoms with Crippen molar-refractivity contribution in [3.63, 3.8) is 0 Å². The van der Waals surface area contributed by atoms with Crippen molar-refractivity contribution in [2.45, 2.75) is 33.2 Å². The summed E-state index contributed by atoms with van der Waals surface area (Å²) in [5, 5.41) is 14.7. The summed E-state index contributed by atoms with van der Waals surface area (Å²) in [5.41, 5.74) is 1.70. The number of aliphatic hydroxyl groups excluding tert-OH is 1. The van der Waals surface area contributed by atoms with Gasteiger partial charge < -0.3 is 9.84 Å². The number of ether oxygens (including phenoxy) is 1. The lowest BCUT2D eigenvalue weighted by atomic mass is 9.83. The lowest BCUT2D eigenvalue weighted by Crippen LogP contribution is -2.29. The summed E-state index contributed by atoms with van der Waals surface area (Å²) in [4.78, 5) is 0. The number of nitrogens with zero attached hydrogens (tertiary/aromatic N) is 2. The van der Waals surface area contributed by atoms with Crippen LogP contribution in [0.1, 0.15) is 24.7 Å². The minimum atomic E-state index is -0.178. The van der Waals surface area contributed by atoms with E-state index in [1.807, 2.05) is 18.5 Å². The van der Waals surface area contributed by atoms with Crippen LogP contribution in [0.5, 0.6) is 0 Å². The van der Waals surface area contributed by atoms with Crippen LogP contribution in [-0.2, 0) is 17.7 Å². The maximum atomic E-state index is 9.59. The monoisotopic (exact) mass is 258 g/mol. The third-order valence-electron chi connectivity index (χ3n) is 3.52. The number of aliphatic hydroxyl groups is 1. The summed E-state index contributed by atoms with van der Waals surface area (Å²) < 4.78 is 7.33. The van der Waals surface area contributed by atoms with Gasteiger partial charge in [-0.15, -0.1) is 0 Å². The first-order valence-corrected chi connectivity index (χ1v) is 6.40. The molecule has 2 heterocycles. The van der Waals surface area contributed by atoms with Gasteiger partial charge in [0.1, 0.15) is 0 Å². The fourth-order valence-corrected chi connectivity index (χ4v) is 2.56. The van der Waals surface area contributed by atoms with E-state index in [1.165, 1.54) is 0 Å². The zero-order chi connectivity index (χ0) is 12.5. The first-order valence-electron chi connectivity index (χ1n) is 6.02. The van der Waals surface area contributed by atoms with E-state index >= 15 is 0 Å². The van der Waals surface area contributed by atoms with Crippen LogP contribution in [0.4, 0.5) is 0 Å². The second-order valence-electron chi connectivity index (χ2n) is 4.80.